The van der Waals surface area contributed by atoms with Gasteiger partial charge in [0.1, 0.15) is 11.8 Å². The first-order valence-corrected chi connectivity index (χ1v) is 10.9. The van der Waals surface area contributed by atoms with Crippen molar-refractivity contribution in [2.45, 2.75) is 18.4 Å². The molecule has 0 unspecified atom stereocenters. The van der Waals surface area contributed by atoms with Gasteiger partial charge in [-0.1, -0.05) is 18.2 Å². The molecule has 2 amide bonds. The van der Waals surface area contributed by atoms with E-state index in [0.29, 0.717) is 17.0 Å². The van der Waals surface area contributed by atoms with Gasteiger partial charge in [-0.25, -0.2) is 17.2 Å². The van der Waals surface area contributed by atoms with Crippen LogP contribution in [-0.4, -0.2) is 50.6 Å². The monoisotopic (exact) mass is 487 g/mol. The lowest BCUT2D eigenvalue weighted by molar-refractivity contribution is -0.128. The average Bonchev–Trinajstić information content (AvgIpc) is 2.74. The highest BCUT2D eigenvalue weighted by Crippen LogP contribution is 2.23. The lowest BCUT2D eigenvalue weighted by atomic mass is 10.2. The molecular formula is C20H17F4N3O5S. The van der Waals surface area contributed by atoms with E-state index in [4.69, 9.17) is 5.26 Å². The molecule has 8 nitrogen and oxygen atoms in total. The molecule has 0 aliphatic rings. The van der Waals surface area contributed by atoms with Gasteiger partial charge in [0.25, 0.3) is 11.8 Å². The molecule has 176 valence electrons. The Morgan fingerprint density at radius 2 is 1.82 bits per heavy atom. The molecular weight excluding hydrogens is 470 g/mol. The third-order valence-electron chi connectivity index (χ3n) is 4.25. The molecule has 1 N–H and O–H groups in total. The van der Waals surface area contributed by atoms with E-state index in [1.54, 1.807) is 0 Å². The third-order valence-corrected chi connectivity index (χ3v) is 5.84. The van der Waals surface area contributed by atoms with Crippen molar-refractivity contribution in [3.05, 3.63) is 65.2 Å². The number of nitriles is 1. The van der Waals surface area contributed by atoms with Crippen molar-refractivity contribution >= 4 is 21.7 Å². The van der Waals surface area contributed by atoms with Crippen LogP contribution in [0.5, 0.6) is 5.75 Å². The van der Waals surface area contributed by atoms with Gasteiger partial charge in [0.2, 0.25) is 0 Å². The molecule has 33 heavy (non-hydrogen) atoms. The predicted molar refractivity (Wildman–Crippen MR) is 107 cm³/mol. The van der Waals surface area contributed by atoms with Gasteiger partial charge in [0, 0.05) is 18.2 Å². The minimum absolute atomic E-state index is 0.121. The molecule has 0 aliphatic carbocycles. The molecule has 0 heterocycles. The number of hydrogen-bond acceptors (Lipinski definition) is 6. The number of nitrogens with one attached hydrogen (secondary N) is 1. The van der Waals surface area contributed by atoms with Gasteiger partial charge in [-0.3, -0.25) is 14.5 Å². The number of benzene rings is 2. The van der Waals surface area contributed by atoms with Gasteiger partial charge < -0.3 is 10.1 Å². The first kappa shape index (κ1) is 25.6. The van der Waals surface area contributed by atoms with E-state index in [0.717, 1.165) is 19.2 Å². The Kier molecular flexibility index (Phi) is 8.36. The highest BCUT2D eigenvalue weighted by molar-refractivity contribution is 7.90. The standard InChI is InChI=1S/C20H17F4N3O5S/c1-27(11-25)19(29)16(26-18(28)12-6-7-14(21)15(22)8-12)10-33(30,31)9-13-4-2-3-5-17(13)32-20(23)24/h2-8,16,20H,9-10H2,1H3,(H,26,28)/t16-/m0/s1. The van der Waals surface area contributed by atoms with E-state index in [9.17, 15) is 35.6 Å². The van der Waals surface area contributed by atoms with Gasteiger partial charge in [-0.2, -0.15) is 14.0 Å². The molecule has 2 rings (SSSR count). The summed E-state index contributed by atoms with van der Waals surface area (Å²) in [4.78, 5) is 25.3. The van der Waals surface area contributed by atoms with E-state index in [2.05, 4.69) is 10.1 Å². The van der Waals surface area contributed by atoms with Crippen LogP contribution in [0.15, 0.2) is 42.5 Å². The van der Waals surface area contributed by atoms with Crippen LogP contribution >= 0.6 is 0 Å². The highest BCUT2D eigenvalue weighted by atomic mass is 32.2. The van der Waals surface area contributed by atoms with Crippen molar-refractivity contribution < 1.29 is 40.3 Å². The van der Waals surface area contributed by atoms with Gasteiger partial charge in [-0.15, -0.1) is 0 Å². The average molecular weight is 487 g/mol. The molecule has 2 aromatic carbocycles. The summed E-state index contributed by atoms with van der Waals surface area (Å²) in [5.74, 6) is -7.00. The summed E-state index contributed by atoms with van der Waals surface area (Å²) in [6.45, 7) is -3.21. The summed E-state index contributed by atoms with van der Waals surface area (Å²) in [5.41, 5.74) is -0.524. The number of hydrogen-bond donors (Lipinski definition) is 1. The maximum Gasteiger partial charge on any atom is 0.387 e. The number of rotatable bonds is 9. The number of carbonyl (C=O) groups is 2. The molecule has 2 aromatic rings. The zero-order chi connectivity index (χ0) is 24.8. The van der Waals surface area contributed by atoms with Crippen molar-refractivity contribution in [2.24, 2.45) is 0 Å². The highest BCUT2D eigenvalue weighted by Gasteiger charge is 2.31. The molecule has 0 saturated heterocycles. The van der Waals surface area contributed by atoms with Crippen LogP contribution in [0.3, 0.4) is 0 Å². The molecule has 1 atom stereocenters. The number of amides is 2. The fourth-order valence-electron chi connectivity index (χ4n) is 2.72. The lowest BCUT2D eigenvalue weighted by Crippen LogP contribution is -2.50. The Morgan fingerprint density at radius 1 is 1.15 bits per heavy atom. The van der Waals surface area contributed by atoms with Crippen molar-refractivity contribution in [2.75, 3.05) is 12.8 Å². The van der Waals surface area contributed by atoms with Crippen LogP contribution in [-0.2, 0) is 20.4 Å². The number of sulfone groups is 1. The smallest absolute Gasteiger partial charge is 0.387 e. The Labute approximate surface area is 186 Å². The van der Waals surface area contributed by atoms with Crippen LogP contribution in [0.2, 0.25) is 0 Å². The zero-order valence-electron chi connectivity index (χ0n) is 17.0. The quantitative estimate of drug-likeness (QED) is 0.329. The van der Waals surface area contributed by atoms with E-state index in [1.807, 2.05) is 0 Å². The van der Waals surface area contributed by atoms with Crippen LogP contribution in [0.1, 0.15) is 15.9 Å². The van der Waals surface area contributed by atoms with E-state index < -0.39 is 63.0 Å². The molecule has 0 saturated carbocycles. The summed E-state index contributed by atoms with van der Waals surface area (Å²) >= 11 is 0. The maximum absolute atomic E-state index is 13.4. The van der Waals surface area contributed by atoms with Gasteiger partial charge in [-0.05, 0) is 24.3 Å². The van der Waals surface area contributed by atoms with Gasteiger partial charge >= 0.3 is 6.61 Å². The number of para-hydroxylation sites is 1. The number of carbonyl (C=O) groups excluding carboxylic acids is 2. The summed E-state index contributed by atoms with van der Waals surface area (Å²) in [6.07, 6.45) is 1.47. The van der Waals surface area contributed by atoms with Gasteiger partial charge in [0.15, 0.2) is 27.7 Å². The van der Waals surface area contributed by atoms with Crippen LogP contribution < -0.4 is 10.1 Å². The first-order valence-electron chi connectivity index (χ1n) is 9.10. The Bertz CT molecular complexity index is 1180. The SMILES string of the molecule is CN(C#N)C(=O)[C@H](CS(=O)(=O)Cc1ccccc1OC(F)F)NC(=O)c1ccc(F)c(F)c1. The molecule has 0 aliphatic heterocycles. The number of alkyl halides is 2. The Morgan fingerprint density at radius 3 is 2.42 bits per heavy atom. The predicted octanol–water partition coefficient (Wildman–Crippen LogP) is 2.22. The lowest BCUT2D eigenvalue weighted by Gasteiger charge is -2.20. The molecule has 13 heteroatoms. The normalized spacial score (nSPS) is 12.0. The second-order valence-corrected chi connectivity index (χ2v) is 8.80. The summed E-state index contributed by atoms with van der Waals surface area (Å²) < 4.78 is 81.4. The minimum atomic E-state index is -4.25. The fraction of sp³-hybridized carbons (Fsp3) is 0.250. The Hall–Kier alpha value is -3.66. The summed E-state index contributed by atoms with van der Waals surface area (Å²) in [5, 5.41) is 11.0. The Balaban J connectivity index is 2.29. The van der Waals surface area contributed by atoms with Crippen molar-refractivity contribution in [3.8, 4) is 11.9 Å². The van der Waals surface area contributed by atoms with Crippen LogP contribution in [0.4, 0.5) is 17.6 Å². The number of halogens is 4. The van der Waals surface area contributed by atoms with E-state index in [1.165, 1.54) is 24.4 Å². The minimum Gasteiger partial charge on any atom is -0.435 e. The molecule has 0 bridgehead atoms. The fourth-order valence-corrected chi connectivity index (χ4v) is 4.28. The second kappa shape index (κ2) is 10.8. The number of likely N-dealkylation sites (N-methyl/N-ethyl adjacent to an activating group) is 1. The third kappa shape index (κ3) is 7.18. The maximum atomic E-state index is 13.4. The topological polar surface area (TPSA) is 117 Å². The van der Waals surface area contributed by atoms with Crippen molar-refractivity contribution in [3.63, 3.8) is 0 Å². The first-order chi connectivity index (χ1) is 15.4. The molecule has 0 fully saturated rings. The molecule has 0 aromatic heterocycles. The van der Waals surface area contributed by atoms with Crippen LogP contribution in [0, 0.1) is 23.1 Å². The molecule has 0 radical (unpaired) electrons. The van der Waals surface area contributed by atoms with E-state index in [-0.39, 0.29) is 11.3 Å². The second-order valence-electron chi connectivity index (χ2n) is 6.69. The number of nitrogens with zero attached hydrogens (tertiary/aromatic N) is 2. The zero-order valence-corrected chi connectivity index (χ0v) is 17.8. The van der Waals surface area contributed by atoms with Crippen LogP contribution in [0.25, 0.3) is 0 Å². The largest absolute Gasteiger partial charge is 0.435 e. The summed E-state index contributed by atoms with van der Waals surface area (Å²) in [7, 11) is -3.23. The molecule has 0 spiro atoms. The number of ether oxygens (including phenoxy) is 1. The van der Waals surface area contributed by atoms with E-state index >= 15 is 0 Å². The summed E-state index contributed by atoms with van der Waals surface area (Å²) in [6, 6.07) is 5.44. The van der Waals surface area contributed by atoms with Crippen molar-refractivity contribution in [1.29, 1.82) is 5.26 Å². The van der Waals surface area contributed by atoms with Crippen molar-refractivity contribution in [1.82, 2.24) is 10.2 Å². The van der Waals surface area contributed by atoms with Gasteiger partial charge in [0.05, 0.1) is 11.5 Å².